The third-order valence-corrected chi connectivity index (χ3v) is 3.54. The highest BCUT2D eigenvalue weighted by Gasteiger charge is 2.31. The van der Waals surface area contributed by atoms with Crippen molar-refractivity contribution in [2.45, 2.75) is 13.0 Å². The first-order valence-corrected chi connectivity index (χ1v) is 6.52. The molecule has 2 heterocycles. The van der Waals surface area contributed by atoms with Crippen molar-refractivity contribution in [3.8, 4) is 5.75 Å². The molecule has 5 heteroatoms. The minimum atomic E-state index is 0.290. The van der Waals surface area contributed by atoms with Gasteiger partial charge in [0.1, 0.15) is 30.7 Å². The standard InChI is InChI=1S/C15H16N4O/c1-19(11-12-2-4-13(20)5-3-12)9-8-18-15(19)10-14-16-6-7-17-14/h2-9H,10-11H2,1H3,(H-,16,17,20)/p+1. The maximum atomic E-state index is 9.35. The predicted octanol–water partition coefficient (Wildman–Crippen LogP) is 2.19. The summed E-state index contributed by atoms with van der Waals surface area (Å²) in [5.74, 6) is 2.26. The van der Waals surface area contributed by atoms with Gasteiger partial charge in [0, 0.05) is 18.0 Å². The summed E-state index contributed by atoms with van der Waals surface area (Å²) in [4.78, 5) is 11.8. The van der Waals surface area contributed by atoms with Crippen molar-refractivity contribution in [3.05, 3.63) is 60.4 Å². The van der Waals surface area contributed by atoms with Gasteiger partial charge < -0.3 is 10.1 Å². The van der Waals surface area contributed by atoms with Crippen LogP contribution in [0.2, 0.25) is 0 Å². The van der Waals surface area contributed by atoms with Crippen LogP contribution in [-0.2, 0) is 13.0 Å². The van der Waals surface area contributed by atoms with E-state index >= 15 is 0 Å². The van der Waals surface area contributed by atoms with E-state index < -0.39 is 0 Å². The molecule has 1 aliphatic rings. The fourth-order valence-electron chi connectivity index (χ4n) is 2.38. The lowest BCUT2D eigenvalue weighted by atomic mass is 10.1. The highest BCUT2D eigenvalue weighted by atomic mass is 16.3. The van der Waals surface area contributed by atoms with Crippen molar-refractivity contribution < 1.29 is 9.59 Å². The van der Waals surface area contributed by atoms with E-state index in [0.29, 0.717) is 10.9 Å². The van der Waals surface area contributed by atoms with Crippen LogP contribution in [0.5, 0.6) is 5.75 Å². The van der Waals surface area contributed by atoms with E-state index in [4.69, 9.17) is 0 Å². The number of rotatable bonds is 4. The Hall–Kier alpha value is -2.40. The number of imidazole rings is 1. The average molecular weight is 269 g/mol. The summed E-state index contributed by atoms with van der Waals surface area (Å²) < 4.78 is 0.630. The second-order valence-corrected chi connectivity index (χ2v) is 5.15. The number of aliphatic imine (C=N–C) groups is 1. The summed E-state index contributed by atoms with van der Waals surface area (Å²) in [6.07, 6.45) is 8.20. The number of nitrogens with zero attached hydrogens (tertiary/aromatic N) is 3. The number of H-pyrrole nitrogens is 1. The van der Waals surface area contributed by atoms with E-state index in [2.05, 4.69) is 28.2 Å². The molecule has 102 valence electrons. The summed E-state index contributed by atoms with van der Waals surface area (Å²) >= 11 is 0. The van der Waals surface area contributed by atoms with Crippen LogP contribution in [0.3, 0.4) is 0 Å². The fourth-order valence-corrected chi connectivity index (χ4v) is 2.38. The maximum Gasteiger partial charge on any atom is 0.215 e. The summed E-state index contributed by atoms with van der Waals surface area (Å²) in [6.45, 7) is 0.802. The summed E-state index contributed by atoms with van der Waals surface area (Å²) in [7, 11) is 2.12. The van der Waals surface area contributed by atoms with Crippen molar-refractivity contribution in [2.24, 2.45) is 4.99 Å². The lowest BCUT2D eigenvalue weighted by Gasteiger charge is -2.27. The molecule has 0 spiro atoms. The molecule has 0 bridgehead atoms. The molecule has 1 aliphatic heterocycles. The van der Waals surface area contributed by atoms with Crippen LogP contribution < -0.4 is 0 Å². The van der Waals surface area contributed by atoms with Gasteiger partial charge in [0.05, 0.1) is 13.2 Å². The number of quaternary nitrogens is 1. The van der Waals surface area contributed by atoms with Crippen LogP contribution in [0.4, 0.5) is 0 Å². The topological polar surface area (TPSA) is 61.3 Å². The Morgan fingerprint density at radius 2 is 2.05 bits per heavy atom. The van der Waals surface area contributed by atoms with Crippen molar-refractivity contribution in [1.82, 2.24) is 9.97 Å². The van der Waals surface area contributed by atoms with Gasteiger partial charge in [-0.05, 0) is 24.3 Å². The Labute approximate surface area is 117 Å². The average Bonchev–Trinajstić information content (AvgIpc) is 3.04. The molecule has 0 aliphatic carbocycles. The molecule has 0 saturated heterocycles. The zero-order valence-electron chi connectivity index (χ0n) is 11.3. The molecule has 3 rings (SSSR count). The van der Waals surface area contributed by atoms with Crippen LogP contribution in [0, 0.1) is 0 Å². The molecule has 5 nitrogen and oxygen atoms in total. The molecule has 2 aromatic rings. The number of aromatic nitrogens is 2. The van der Waals surface area contributed by atoms with Gasteiger partial charge in [-0.3, -0.25) is 0 Å². The minimum absolute atomic E-state index is 0.290. The van der Waals surface area contributed by atoms with Crippen molar-refractivity contribution in [1.29, 1.82) is 0 Å². The molecule has 0 amide bonds. The number of nitrogens with one attached hydrogen (secondary N) is 1. The third kappa shape index (κ3) is 2.48. The molecule has 20 heavy (non-hydrogen) atoms. The van der Waals surface area contributed by atoms with Crippen LogP contribution >= 0.6 is 0 Å². The lowest BCUT2D eigenvalue weighted by molar-refractivity contribution is -0.779. The molecule has 0 fully saturated rings. The summed E-state index contributed by atoms with van der Waals surface area (Å²) in [5.41, 5.74) is 1.16. The SMILES string of the molecule is C[N+]1(Cc2ccc(O)cc2)C=CN=C1Cc1ncc[nH]1. The van der Waals surface area contributed by atoms with Crippen LogP contribution in [0.25, 0.3) is 0 Å². The second kappa shape index (κ2) is 4.94. The predicted molar refractivity (Wildman–Crippen MR) is 76.9 cm³/mol. The number of benzene rings is 1. The highest BCUT2D eigenvalue weighted by Crippen LogP contribution is 2.22. The van der Waals surface area contributed by atoms with E-state index in [0.717, 1.165) is 23.8 Å². The lowest BCUT2D eigenvalue weighted by Crippen LogP contribution is -2.42. The number of phenolic OH excluding ortho intramolecular Hbond substituents is 1. The minimum Gasteiger partial charge on any atom is -0.508 e. The number of hydrogen-bond donors (Lipinski definition) is 2. The fraction of sp³-hybridized carbons (Fsp3) is 0.200. The molecule has 1 aromatic heterocycles. The van der Waals surface area contributed by atoms with Gasteiger partial charge in [-0.1, -0.05) is 0 Å². The van der Waals surface area contributed by atoms with E-state index in [1.807, 2.05) is 24.5 Å². The van der Waals surface area contributed by atoms with Crippen molar-refractivity contribution in [2.75, 3.05) is 7.05 Å². The number of likely N-dealkylation sites (N-methyl/N-ethyl adjacent to an activating group) is 1. The smallest absolute Gasteiger partial charge is 0.215 e. The molecule has 0 radical (unpaired) electrons. The zero-order chi connectivity index (χ0) is 14.0. The van der Waals surface area contributed by atoms with Gasteiger partial charge in [0.2, 0.25) is 5.84 Å². The van der Waals surface area contributed by atoms with Crippen molar-refractivity contribution in [3.63, 3.8) is 0 Å². The van der Waals surface area contributed by atoms with Gasteiger partial charge in [0.15, 0.2) is 0 Å². The first kappa shape index (κ1) is 12.6. The largest absolute Gasteiger partial charge is 0.508 e. The molecule has 1 aromatic carbocycles. The summed E-state index contributed by atoms with van der Waals surface area (Å²) in [5, 5.41) is 9.35. The summed E-state index contributed by atoms with van der Waals surface area (Å²) in [6, 6.07) is 7.31. The first-order chi connectivity index (χ1) is 9.66. The Morgan fingerprint density at radius 3 is 2.75 bits per heavy atom. The number of amidine groups is 1. The molecule has 1 unspecified atom stereocenters. The van der Waals surface area contributed by atoms with Crippen LogP contribution in [0.15, 0.2) is 54.1 Å². The number of aromatic hydroxyl groups is 1. The van der Waals surface area contributed by atoms with E-state index in [9.17, 15) is 5.11 Å². The molecule has 1 atom stereocenters. The zero-order valence-corrected chi connectivity index (χ0v) is 11.3. The Morgan fingerprint density at radius 1 is 1.25 bits per heavy atom. The first-order valence-electron chi connectivity index (χ1n) is 6.52. The van der Waals surface area contributed by atoms with Gasteiger partial charge in [0.25, 0.3) is 0 Å². The van der Waals surface area contributed by atoms with E-state index in [1.54, 1.807) is 18.3 Å². The number of phenols is 1. The number of hydrogen-bond acceptors (Lipinski definition) is 3. The monoisotopic (exact) mass is 269 g/mol. The van der Waals surface area contributed by atoms with E-state index in [1.165, 1.54) is 0 Å². The van der Waals surface area contributed by atoms with Crippen LogP contribution in [-0.4, -0.2) is 32.4 Å². The quantitative estimate of drug-likeness (QED) is 0.836. The van der Waals surface area contributed by atoms with Crippen LogP contribution in [0.1, 0.15) is 11.4 Å². The Kier molecular flexibility index (Phi) is 3.12. The molecular formula is C15H17N4O+. The number of aromatic amines is 1. The van der Waals surface area contributed by atoms with E-state index in [-0.39, 0.29) is 5.75 Å². The van der Waals surface area contributed by atoms with Gasteiger partial charge in [-0.2, -0.15) is 0 Å². The normalized spacial score (nSPS) is 21.1. The Balaban J connectivity index is 1.78. The van der Waals surface area contributed by atoms with Gasteiger partial charge >= 0.3 is 0 Å². The maximum absolute atomic E-state index is 9.35. The van der Waals surface area contributed by atoms with Gasteiger partial charge in [-0.25, -0.2) is 14.5 Å². The van der Waals surface area contributed by atoms with Gasteiger partial charge in [-0.15, -0.1) is 0 Å². The van der Waals surface area contributed by atoms with Crippen molar-refractivity contribution >= 4 is 5.84 Å². The Bertz CT molecular complexity index is 643. The molecule has 2 N–H and O–H groups in total. The second-order valence-electron chi connectivity index (χ2n) is 5.15. The molecule has 0 saturated carbocycles. The molecular weight excluding hydrogens is 252 g/mol. The third-order valence-electron chi connectivity index (χ3n) is 3.54. The highest BCUT2D eigenvalue weighted by molar-refractivity contribution is 5.79.